The molecule has 0 aliphatic carbocycles. The van der Waals surface area contributed by atoms with Crippen LogP contribution in [0.2, 0.25) is 0 Å². The quantitative estimate of drug-likeness (QED) is 0.585. The van der Waals surface area contributed by atoms with Crippen molar-refractivity contribution in [3.05, 3.63) is 29.3 Å². The van der Waals surface area contributed by atoms with Gasteiger partial charge in [-0.05, 0) is 43.8 Å². The molecule has 0 fully saturated rings. The molecule has 104 valence electrons. The molecule has 0 heterocycles. The maximum Gasteiger partial charge on any atom is 0.119 e. The Morgan fingerprint density at radius 1 is 1.26 bits per heavy atom. The fourth-order valence-corrected chi connectivity index (χ4v) is 1.89. The van der Waals surface area contributed by atoms with Gasteiger partial charge in [-0.2, -0.15) is 0 Å². The van der Waals surface area contributed by atoms with E-state index in [0.717, 1.165) is 36.5 Å². The van der Waals surface area contributed by atoms with Gasteiger partial charge in [0.25, 0.3) is 0 Å². The van der Waals surface area contributed by atoms with Crippen molar-refractivity contribution < 1.29 is 4.74 Å². The van der Waals surface area contributed by atoms with Crippen LogP contribution in [0.15, 0.2) is 18.2 Å². The minimum atomic E-state index is 0.363. The molecular weight excluding hydrogens is 258 g/mol. The monoisotopic (exact) mass is 279 g/mol. The van der Waals surface area contributed by atoms with Gasteiger partial charge in [-0.3, -0.25) is 0 Å². The molecule has 0 radical (unpaired) electrons. The number of ether oxygens (including phenoxy) is 1. The second kappa shape index (κ2) is 8.85. The van der Waals surface area contributed by atoms with E-state index in [1.165, 1.54) is 0 Å². The second-order valence-electron chi connectivity index (χ2n) is 4.29. The van der Waals surface area contributed by atoms with Gasteiger partial charge in [0.1, 0.15) is 12.4 Å². The predicted molar refractivity (Wildman–Crippen MR) is 82.1 cm³/mol. The maximum absolute atomic E-state index is 5.76. The number of halogens is 1. The Balaban J connectivity index is 2.54. The Hall–Kier alpha value is -1.17. The molecule has 3 heteroatoms. The van der Waals surface area contributed by atoms with Crippen LogP contribution in [0.25, 0.3) is 0 Å². The molecule has 1 aromatic carbocycles. The normalized spacial score (nSPS) is 10.2. The van der Waals surface area contributed by atoms with Crippen molar-refractivity contribution in [1.82, 2.24) is 4.90 Å². The van der Waals surface area contributed by atoms with Crippen molar-refractivity contribution in [2.75, 3.05) is 32.1 Å². The Kier molecular flexibility index (Phi) is 7.40. The molecule has 0 saturated carbocycles. The van der Waals surface area contributed by atoms with Crippen LogP contribution in [-0.4, -0.2) is 37.0 Å². The SMILES string of the molecule is CCN(CC)CCOc1ccc(C#CCCl)c(C)c1. The van der Waals surface area contributed by atoms with Crippen LogP contribution < -0.4 is 4.74 Å². The third-order valence-corrected chi connectivity index (χ3v) is 3.19. The minimum Gasteiger partial charge on any atom is -0.492 e. The van der Waals surface area contributed by atoms with Gasteiger partial charge in [-0.1, -0.05) is 25.7 Å². The van der Waals surface area contributed by atoms with Crippen LogP contribution in [0, 0.1) is 18.8 Å². The summed E-state index contributed by atoms with van der Waals surface area (Å²) in [6.07, 6.45) is 0. The first-order valence-electron chi connectivity index (χ1n) is 6.71. The third-order valence-electron chi connectivity index (χ3n) is 3.06. The number of aryl methyl sites for hydroxylation is 1. The lowest BCUT2D eigenvalue weighted by Crippen LogP contribution is -2.27. The number of hydrogen-bond donors (Lipinski definition) is 0. The topological polar surface area (TPSA) is 12.5 Å². The zero-order valence-corrected chi connectivity index (χ0v) is 12.8. The lowest BCUT2D eigenvalue weighted by molar-refractivity contribution is 0.222. The van der Waals surface area contributed by atoms with E-state index in [2.05, 4.69) is 30.6 Å². The lowest BCUT2D eigenvalue weighted by Gasteiger charge is -2.18. The molecule has 0 bridgehead atoms. The molecule has 0 amide bonds. The van der Waals surface area contributed by atoms with E-state index in [-0.39, 0.29) is 0 Å². The molecule has 0 saturated heterocycles. The molecule has 0 aromatic heterocycles. The molecule has 1 aromatic rings. The highest BCUT2D eigenvalue weighted by Crippen LogP contribution is 2.16. The van der Waals surface area contributed by atoms with Crippen molar-refractivity contribution in [3.63, 3.8) is 0 Å². The van der Waals surface area contributed by atoms with Crippen LogP contribution >= 0.6 is 11.6 Å². The average molecular weight is 280 g/mol. The Morgan fingerprint density at radius 2 is 2.00 bits per heavy atom. The van der Waals surface area contributed by atoms with E-state index in [4.69, 9.17) is 16.3 Å². The van der Waals surface area contributed by atoms with Gasteiger partial charge in [-0.25, -0.2) is 0 Å². The second-order valence-corrected chi connectivity index (χ2v) is 4.55. The van der Waals surface area contributed by atoms with Crippen molar-refractivity contribution in [2.24, 2.45) is 0 Å². The smallest absolute Gasteiger partial charge is 0.119 e. The van der Waals surface area contributed by atoms with Gasteiger partial charge in [0, 0.05) is 12.1 Å². The highest BCUT2D eigenvalue weighted by Gasteiger charge is 2.01. The van der Waals surface area contributed by atoms with Gasteiger partial charge in [0.05, 0.1) is 5.88 Å². The molecule has 0 aliphatic heterocycles. The molecule has 0 atom stereocenters. The van der Waals surface area contributed by atoms with Crippen LogP contribution in [0.1, 0.15) is 25.0 Å². The number of alkyl halides is 1. The summed E-state index contributed by atoms with van der Waals surface area (Å²) < 4.78 is 5.76. The number of hydrogen-bond acceptors (Lipinski definition) is 2. The number of rotatable bonds is 6. The number of likely N-dealkylation sites (N-methyl/N-ethyl adjacent to an activating group) is 1. The molecule has 0 aliphatic rings. The highest BCUT2D eigenvalue weighted by atomic mass is 35.5. The highest BCUT2D eigenvalue weighted by molar-refractivity contribution is 6.19. The largest absolute Gasteiger partial charge is 0.492 e. The summed E-state index contributed by atoms with van der Waals surface area (Å²) in [5, 5.41) is 0. The fourth-order valence-electron chi connectivity index (χ4n) is 1.83. The molecular formula is C16H22ClNO. The summed E-state index contributed by atoms with van der Waals surface area (Å²) in [7, 11) is 0. The zero-order chi connectivity index (χ0) is 14.1. The van der Waals surface area contributed by atoms with E-state index in [1.807, 2.05) is 25.1 Å². The minimum absolute atomic E-state index is 0.363. The fraction of sp³-hybridized carbons (Fsp3) is 0.500. The van der Waals surface area contributed by atoms with Crippen molar-refractivity contribution in [1.29, 1.82) is 0 Å². The van der Waals surface area contributed by atoms with E-state index < -0.39 is 0 Å². The van der Waals surface area contributed by atoms with Crippen molar-refractivity contribution in [3.8, 4) is 17.6 Å². The Labute approximate surface area is 121 Å². The van der Waals surface area contributed by atoms with E-state index >= 15 is 0 Å². The summed E-state index contributed by atoms with van der Waals surface area (Å²) in [6, 6.07) is 5.98. The standard InChI is InChI=1S/C16H22ClNO/c1-4-18(5-2)11-12-19-16-9-8-15(7-6-10-17)14(3)13-16/h8-9,13H,4-5,10-12H2,1-3H3. The first kappa shape index (κ1) is 15.9. The summed E-state index contributed by atoms with van der Waals surface area (Å²) in [6.45, 7) is 10.2. The van der Waals surface area contributed by atoms with Gasteiger partial charge in [0.2, 0.25) is 0 Å². The predicted octanol–water partition coefficient (Wildman–Crippen LogP) is 3.31. The van der Waals surface area contributed by atoms with Crippen molar-refractivity contribution >= 4 is 11.6 Å². The Bertz CT molecular complexity index is 444. The summed E-state index contributed by atoms with van der Waals surface area (Å²) in [4.78, 5) is 2.34. The van der Waals surface area contributed by atoms with Crippen LogP contribution in [0.3, 0.4) is 0 Å². The average Bonchev–Trinajstić information content (AvgIpc) is 2.43. The number of nitrogens with zero attached hydrogens (tertiary/aromatic N) is 1. The number of benzene rings is 1. The van der Waals surface area contributed by atoms with E-state index in [9.17, 15) is 0 Å². The first-order valence-corrected chi connectivity index (χ1v) is 7.25. The van der Waals surface area contributed by atoms with Crippen molar-refractivity contribution in [2.45, 2.75) is 20.8 Å². The third kappa shape index (κ3) is 5.55. The van der Waals surface area contributed by atoms with Gasteiger partial charge in [0.15, 0.2) is 0 Å². The lowest BCUT2D eigenvalue weighted by atomic mass is 10.1. The van der Waals surface area contributed by atoms with Gasteiger partial charge >= 0.3 is 0 Å². The molecule has 0 unspecified atom stereocenters. The molecule has 1 rings (SSSR count). The van der Waals surface area contributed by atoms with E-state index in [1.54, 1.807) is 0 Å². The molecule has 0 spiro atoms. The molecule has 19 heavy (non-hydrogen) atoms. The summed E-state index contributed by atoms with van der Waals surface area (Å²) in [5.41, 5.74) is 2.13. The van der Waals surface area contributed by atoms with Gasteiger partial charge < -0.3 is 9.64 Å². The zero-order valence-electron chi connectivity index (χ0n) is 12.0. The maximum atomic E-state index is 5.76. The van der Waals surface area contributed by atoms with Gasteiger partial charge in [-0.15, -0.1) is 11.6 Å². The van der Waals surface area contributed by atoms with Crippen LogP contribution in [0.5, 0.6) is 5.75 Å². The molecule has 2 nitrogen and oxygen atoms in total. The summed E-state index contributed by atoms with van der Waals surface area (Å²) in [5.74, 6) is 7.17. The first-order chi connectivity index (χ1) is 9.21. The summed E-state index contributed by atoms with van der Waals surface area (Å²) >= 11 is 5.56. The van der Waals surface area contributed by atoms with Crippen LogP contribution in [-0.2, 0) is 0 Å². The molecule has 0 N–H and O–H groups in total. The van der Waals surface area contributed by atoms with Crippen LogP contribution in [0.4, 0.5) is 0 Å². The Morgan fingerprint density at radius 3 is 2.58 bits per heavy atom. The van der Waals surface area contributed by atoms with E-state index in [0.29, 0.717) is 12.5 Å².